The average molecular weight is 285 g/mol. The molecule has 2 nitrogen and oxygen atoms in total. The van der Waals surface area contributed by atoms with Crippen LogP contribution in [0.25, 0.3) is 0 Å². The van der Waals surface area contributed by atoms with Crippen LogP contribution in [0.1, 0.15) is 18.4 Å². The lowest BCUT2D eigenvalue weighted by molar-refractivity contribution is 0.298. The largest absolute Gasteiger partial charge is 0.327 e. The Morgan fingerprint density at radius 3 is 2.83 bits per heavy atom. The summed E-state index contributed by atoms with van der Waals surface area (Å²) in [5.41, 5.74) is 7.28. The van der Waals surface area contributed by atoms with Crippen molar-refractivity contribution in [2.45, 2.75) is 25.4 Å². The second-order valence-electron chi connectivity index (χ2n) is 5.57. The van der Waals surface area contributed by atoms with Crippen LogP contribution >= 0.6 is 23.2 Å². The third-order valence-electron chi connectivity index (χ3n) is 4.41. The van der Waals surface area contributed by atoms with Crippen molar-refractivity contribution in [2.24, 2.45) is 17.6 Å². The van der Waals surface area contributed by atoms with Crippen LogP contribution in [0.2, 0.25) is 10.0 Å². The highest BCUT2D eigenvalue weighted by molar-refractivity contribution is 6.42. The molecule has 18 heavy (non-hydrogen) atoms. The van der Waals surface area contributed by atoms with Crippen molar-refractivity contribution in [1.82, 2.24) is 4.90 Å². The summed E-state index contributed by atoms with van der Waals surface area (Å²) in [7, 11) is 0. The fraction of sp³-hybridized carbons (Fsp3) is 0.571. The highest BCUT2D eigenvalue weighted by Gasteiger charge is 2.40. The maximum Gasteiger partial charge on any atom is 0.0637 e. The lowest BCUT2D eigenvalue weighted by Crippen LogP contribution is -2.30. The van der Waals surface area contributed by atoms with Crippen molar-refractivity contribution in [3.05, 3.63) is 33.8 Å². The Bertz CT molecular complexity index is 449. The van der Waals surface area contributed by atoms with Gasteiger partial charge in [-0.15, -0.1) is 0 Å². The van der Waals surface area contributed by atoms with Crippen molar-refractivity contribution in [3.8, 4) is 0 Å². The molecule has 1 saturated carbocycles. The lowest BCUT2D eigenvalue weighted by atomic mass is 9.98. The molecule has 1 aliphatic carbocycles. The SMILES string of the molecule is NC1CCC2CN(Cc3cccc(Cl)c3Cl)CC12. The molecule has 2 fully saturated rings. The van der Waals surface area contributed by atoms with Gasteiger partial charge in [0, 0.05) is 25.7 Å². The highest BCUT2D eigenvalue weighted by Crippen LogP contribution is 2.38. The highest BCUT2D eigenvalue weighted by atomic mass is 35.5. The molecule has 0 amide bonds. The zero-order valence-corrected chi connectivity index (χ0v) is 11.8. The van der Waals surface area contributed by atoms with Crippen LogP contribution in [0.4, 0.5) is 0 Å². The normalized spacial score (nSPS) is 31.8. The Kier molecular flexibility index (Phi) is 3.55. The van der Waals surface area contributed by atoms with Crippen molar-refractivity contribution >= 4 is 23.2 Å². The number of nitrogens with two attached hydrogens (primary N) is 1. The van der Waals surface area contributed by atoms with Crippen LogP contribution in [0.5, 0.6) is 0 Å². The molecule has 1 aliphatic heterocycles. The molecule has 0 bridgehead atoms. The Morgan fingerprint density at radius 1 is 1.22 bits per heavy atom. The van der Waals surface area contributed by atoms with Gasteiger partial charge in [0.25, 0.3) is 0 Å². The predicted octanol–water partition coefficient (Wildman–Crippen LogP) is 3.16. The maximum atomic E-state index is 6.24. The number of rotatable bonds is 2. The van der Waals surface area contributed by atoms with Crippen LogP contribution < -0.4 is 5.73 Å². The monoisotopic (exact) mass is 284 g/mol. The van der Waals surface area contributed by atoms with Crippen molar-refractivity contribution in [1.29, 1.82) is 0 Å². The first-order valence-corrected chi connectivity index (χ1v) is 7.31. The van der Waals surface area contributed by atoms with Crippen LogP contribution in [-0.4, -0.2) is 24.0 Å². The average Bonchev–Trinajstić information content (AvgIpc) is 2.88. The van der Waals surface area contributed by atoms with Gasteiger partial charge < -0.3 is 5.73 Å². The molecule has 2 N–H and O–H groups in total. The van der Waals surface area contributed by atoms with Gasteiger partial charge in [0.05, 0.1) is 10.0 Å². The topological polar surface area (TPSA) is 29.3 Å². The summed E-state index contributed by atoms with van der Waals surface area (Å²) in [6.07, 6.45) is 2.48. The molecule has 1 heterocycles. The standard InChI is InChI=1S/C14H18Cl2N2/c15-12-3-1-2-10(14(12)16)7-18-6-9-4-5-13(17)11(9)8-18/h1-3,9,11,13H,4-8,17H2. The van der Waals surface area contributed by atoms with Crippen LogP contribution in [0, 0.1) is 11.8 Å². The van der Waals surface area contributed by atoms with Crippen molar-refractivity contribution < 1.29 is 0 Å². The van der Waals surface area contributed by atoms with Gasteiger partial charge in [0.1, 0.15) is 0 Å². The van der Waals surface area contributed by atoms with Crippen molar-refractivity contribution in [3.63, 3.8) is 0 Å². The second-order valence-corrected chi connectivity index (χ2v) is 6.36. The first-order chi connectivity index (χ1) is 8.65. The summed E-state index contributed by atoms with van der Waals surface area (Å²) in [6.45, 7) is 3.15. The van der Waals surface area contributed by atoms with E-state index in [1.807, 2.05) is 12.1 Å². The molecule has 1 aromatic carbocycles. The summed E-state index contributed by atoms with van der Waals surface area (Å²) in [5.74, 6) is 1.47. The summed E-state index contributed by atoms with van der Waals surface area (Å²) in [4.78, 5) is 2.46. The first kappa shape index (κ1) is 12.7. The van der Waals surface area contributed by atoms with E-state index in [1.54, 1.807) is 0 Å². The van der Waals surface area contributed by atoms with Crippen LogP contribution in [-0.2, 0) is 6.54 Å². The minimum Gasteiger partial charge on any atom is -0.327 e. The fourth-order valence-corrected chi connectivity index (χ4v) is 3.82. The number of hydrogen-bond donors (Lipinski definition) is 1. The van der Waals surface area contributed by atoms with Gasteiger partial charge in [-0.05, 0) is 36.3 Å². The molecule has 0 aromatic heterocycles. The fourth-order valence-electron chi connectivity index (χ4n) is 3.44. The van der Waals surface area contributed by atoms with Crippen molar-refractivity contribution in [2.75, 3.05) is 13.1 Å². The van der Waals surface area contributed by atoms with Crippen LogP contribution in [0.3, 0.4) is 0 Å². The van der Waals surface area contributed by atoms with Crippen LogP contribution in [0.15, 0.2) is 18.2 Å². The van der Waals surface area contributed by atoms with Gasteiger partial charge in [-0.3, -0.25) is 4.90 Å². The lowest BCUT2D eigenvalue weighted by Gasteiger charge is -2.19. The number of benzene rings is 1. The molecular weight excluding hydrogens is 267 g/mol. The third kappa shape index (κ3) is 2.27. The second kappa shape index (κ2) is 5.01. The zero-order valence-electron chi connectivity index (χ0n) is 10.3. The number of fused-ring (bicyclic) bond motifs is 1. The summed E-state index contributed by atoms with van der Waals surface area (Å²) in [5, 5.41) is 1.34. The minimum absolute atomic E-state index is 0.398. The smallest absolute Gasteiger partial charge is 0.0637 e. The Labute approximate surface area is 118 Å². The Hall–Kier alpha value is -0.280. The minimum atomic E-state index is 0.398. The van der Waals surface area contributed by atoms with Gasteiger partial charge in [0.2, 0.25) is 0 Å². The van der Waals surface area contributed by atoms with Gasteiger partial charge in [-0.1, -0.05) is 35.3 Å². The molecule has 3 unspecified atom stereocenters. The Balaban J connectivity index is 1.70. The van der Waals surface area contributed by atoms with E-state index in [0.29, 0.717) is 22.0 Å². The quantitative estimate of drug-likeness (QED) is 0.904. The van der Waals surface area contributed by atoms with Gasteiger partial charge >= 0.3 is 0 Å². The number of likely N-dealkylation sites (tertiary alicyclic amines) is 1. The third-order valence-corrected chi connectivity index (χ3v) is 5.27. The maximum absolute atomic E-state index is 6.24. The number of nitrogens with zero attached hydrogens (tertiary/aromatic N) is 1. The molecule has 1 aromatic rings. The molecule has 0 radical (unpaired) electrons. The van der Waals surface area contributed by atoms with Gasteiger partial charge in [-0.2, -0.15) is 0 Å². The molecule has 3 rings (SSSR count). The van der Waals surface area contributed by atoms with E-state index in [0.717, 1.165) is 31.1 Å². The Morgan fingerprint density at radius 2 is 2.06 bits per heavy atom. The summed E-state index contributed by atoms with van der Waals surface area (Å²) >= 11 is 12.3. The molecule has 0 spiro atoms. The number of hydrogen-bond acceptors (Lipinski definition) is 2. The van der Waals surface area contributed by atoms with E-state index in [9.17, 15) is 0 Å². The van der Waals surface area contributed by atoms with E-state index < -0.39 is 0 Å². The van der Waals surface area contributed by atoms with E-state index in [1.165, 1.54) is 12.8 Å². The van der Waals surface area contributed by atoms with Gasteiger partial charge in [-0.25, -0.2) is 0 Å². The molecule has 4 heteroatoms. The molecule has 98 valence electrons. The molecule has 1 saturated heterocycles. The number of halogens is 2. The van der Waals surface area contributed by atoms with E-state index in [4.69, 9.17) is 28.9 Å². The van der Waals surface area contributed by atoms with E-state index in [2.05, 4.69) is 11.0 Å². The van der Waals surface area contributed by atoms with E-state index >= 15 is 0 Å². The van der Waals surface area contributed by atoms with Gasteiger partial charge in [0.15, 0.2) is 0 Å². The van der Waals surface area contributed by atoms with E-state index in [-0.39, 0.29) is 0 Å². The predicted molar refractivity (Wildman–Crippen MR) is 75.9 cm³/mol. The zero-order chi connectivity index (χ0) is 12.7. The molecular formula is C14H18Cl2N2. The summed E-state index contributed by atoms with van der Waals surface area (Å²) in [6, 6.07) is 6.26. The first-order valence-electron chi connectivity index (χ1n) is 6.56. The molecule has 2 aliphatic rings. The molecule has 3 atom stereocenters. The summed E-state index contributed by atoms with van der Waals surface area (Å²) < 4.78 is 0.